The van der Waals surface area contributed by atoms with E-state index in [9.17, 15) is 9.18 Å². The lowest BCUT2D eigenvalue weighted by Crippen LogP contribution is -2.24. The molecule has 96 valence electrons. The average Bonchev–Trinajstić information content (AvgIpc) is 2.67. The molecule has 0 fully saturated rings. The van der Waals surface area contributed by atoms with Crippen LogP contribution in [0.2, 0.25) is 0 Å². The summed E-state index contributed by atoms with van der Waals surface area (Å²) in [5, 5.41) is 2.80. The van der Waals surface area contributed by atoms with Crippen LogP contribution in [0.5, 0.6) is 0 Å². The van der Waals surface area contributed by atoms with Crippen LogP contribution < -0.4 is 5.32 Å². The molecule has 4 nitrogen and oxygen atoms in total. The van der Waals surface area contributed by atoms with Crippen LogP contribution in [0.4, 0.5) is 4.39 Å². The van der Waals surface area contributed by atoms with Crippen LogP contribution in [-0.4, -0.2) is 15.3 Å². The zero-order chi connectivity index (χ0) is 13.1. The number of carbonyl (C=O) groups excluding carboxylic acids is 1. The summed E-state index contributed by atoms with van der Waals surface area (Å²) in [4.78, 5) is 15.8. The lowest BCUT2D eigenvalue weighted by molar-refractivity contribution is -0.121. The predicted octanol–water partition coefficient (Wildman–Crippen LogP) is 2.14. The van der Waals surface area contributed by atoms with Crippen LogP contribution in [0.3, 0.4) is 0 Å². The molecule has 2 heterocycles. The van der Waals surface area contributed by atoms with Crippen molar-refractivity contribution in [3.8, 4) is 0 Å². The molecule has 0 bridgehead atoms. The van der Waals surface area contributed by atoms with E-state index in [4.69, 9.17) is 0 Å². The summed E-state index contributed by atoms with van der Waals surface area (Å²) < 4.78 is 14.6. The van der Waals surface area contributed by atoms with Crippen molar-refractivity contribution in [3.63, 3.8) is 0 Å². The van der Waals surface area contributed by atoms with Crippen molar-refractivity contribution >= 4 is 11.6 Å². The summed E-state index contributed by atoms with van der Waals surface area (Å²) in [6, 6.07) is 2.97. The minimum atomic E-state index is -0.310. The lowest BCUT2D eigenvalue weighted by atomic mass is 10.1. The van der Waals surface area contributed by atoms with Gasteiger partial charge in [-0.1, -0.05) is 13.8 Å². The molecule has 18 heavy (non-hydrogen) atoms. The Morgan fingerprint density at radius 3 is 2.94 bits per heavy atom. The maximum absolute atomic E-state index is 13.0. The molecule has 0 atom stereocenters. The molecule has 0 radical (unpaired) electrons. The third-order valence-corrected chi connectivity index (χ3v) is 2.53. The van der Waals surface area contributed by atoms with Crippen molar-refractivity contribution in [1.82, 2.24) is 14.7 Å². The first-order chi connectivity index (χ1) is 8.54. The fraction of sp³-hybridized carbons (Fsp3) is 0.385. The van der Waals surface area contributed by atoms with Crippen molar-refractivity contribution in [1.29, 1.82) is 0 Å². The third kappa shape index (κ3) is 3.06. The van der Waals surface area contributed by atoms with Gasteiger partial charge in [0.1, 0.15) is 11.5 Å². The molecule has 1 N–H and O–H groups in total. The van der Waals surface area contributed by atoms with Crippen LogP contribution >= 0.6 is 0 Å². The molecular formula is C13H16FN3O. The summed E-state index contributed by atoms with van der Waals surface area (Å²) in [6.07, 6.45) is 3.58. The molecule has 1 amide bonds. The van der Waals surface area contributed by atoms with E-state index in [0.717, 1.165) is 5.69 Å². The van der Waals surface area contributed by atoms with E-state index < -0.39 is 0 Å². The molecule has 2 aromatic rings. The fourth-order valence-corrected chi connectivity index (χ4v) is 1.73. The molecule has 0 unspecified atom stereocenters. The Kier molecular flexibility index (Phi) is 3.60. The number of nitrogens with one attached hydrogen (secondary N) is 1. The van der Waals surface area contributed by atoms with E-state index >= 15 is 0 Å². The standard InChI is InChI=1S/C13H16FN3O/c1-9(2)5-13(18)15-6-11-8-17-7-10(14)3-4-12(17)16-11/h3-4,7-9H,5-6H2,1-2H3,(H,15,18). The van der Waals surface area contributed by atoms with E-state index in [0.29, 0.717) is 24.5 Å². The smallest absolute Gasteiger partial charge is 0.220 e. The first kappa shape index (κ1) is 12.5. The molecule has 0 aliphatic carbocycles. The molecule has 0 aliphatic heterocycles. The SMILES string of the molecule is CC(C)CC(=O)NCc1cn2cc(F)ccc2n1. The Morgan fingerprint density at radius 1 is 1.44 bits per heavy atom. The maximum atomic E-state index is 13.0. The van der Waals surface area contributed by atoms with E-state index in [1.165, 1.54) is 12.3 Å². The van der Waals surface area contributed by atoms with Crippen molar-refractivity contribution in [2.24, 2.45) is 5.92 Å². The number of fused-ring (bicyclic) bond motifs is 1. The minimum Gasteiger partial charge on any atom is -0.350 e. The first-order valence-electron chi connectivity index (χ1n) is 5.94. The quantitative estimate of drug-likeness (QED) is 0.902. The molecule has 2 rings (SSSR count). The molecular weight excluding hydrogens is 233 g/mol. The number of hydrogen-bond donors (Lipinski definition) is 1. The highest BCUT2D eigenvalue weighted by Crippen LogP contribution is 2.07. The molecule has 0 aromatic carbocycles. The van der Waals surface area contributed by atoms with E-state index in [-0.39, 0.29) is 11.7 Å². The van der Waals surface area contributed by atoms with Crippen molar-refractivity contribution < 1.29 is 9.18 Å². The second kappa shape index (κ2) is 5.16. The molecule has 0 spiro atoms. The lowest BCUT2D eigenvalue weighted by Gasteiger charge is -2.04. The predicted molar refractivity (Wildman–Crippen MR) is 66.5 cm³/mol. The van der Waals surface area contributed by atoms with E-state index in [2.05, 4.69) is 10.3 Å². The number of aromatic nitrogens is 2. The van der Waals surface area contributed by atoms with Gasteiger partial charge in [-0.2, -0.15) is 0 Å². The Morgan fingerprint density at radius 2 is 2.22 bits per heavy atom. The molecule has 5 heteroatoms. The highest BCUT2D eigenvalue weighted by Gasteiger charge is 2.06. The van der Waals surface area contributed by atoms with Gasteiger partial charge in [-0.05, 0) is 18.1 Å². The van der Waals surface area contributed by atoms with Gasteiger partial charge in [-0.25, -0.2) is 9.37 Å². The Hall–Kier alpha value is -1.91. The van der Waals surface area contributed by atoms with E-state index in [1.807, 2.05) is 13.8 Å². The van der Waals surface area contributed by atoms with Gasteiger partial charge in [0, 0.05) is 18.8 Å². The summed E-state index contributed by atoms with van der Waals surface area (Å²) in [5.74, 6) is 0.0312. The topological polar surface area (TPSA) is 46.4 Å². The van der Waals surface area contributed by atoms with Gasteiger partial charge in [0.2, 0.25) is 5.91 Å². The van der Waals surface area contributed by atoms with Crippen LogP contribution in [0.1, 0.15) is 26.0 Å². The fourth-order valence-electron chi connectivity index (χ4n) is 1.73. The van der Waals surface area contributed by atoms with Gasteiger partial charge in [-0.3, -0.25) is 4.79 Å². The van der Waals surface area contributed by atoms with Crippen LogP contribution in [0, 0.1) is 11.7 Å². The van der Waals surface area contributed by atoms with Gasteiger partial charge >= 0.3 is 0 Å². The van der Waals surface area contributed by atoms with Gasteiger partial charge in [0.05, 0.1) is 12.2 Å². The first-order valence-corrected chi connectivity index (χ1v) is 5.94. The molecule has 0 saturated heterocycles. The normalized spacial score (nSPS) is 11.1. The van der Waals surface area contributed by atoms with Crippen molar-refractivity contribution in [3.05, 3.63) is 36.0 Å². The summed E-state index contributed by atoms with van der Waals surface area (Å²) in [5.41, 5.74) is 1.39. The largest absolute Gasteiger partial charge is 0.350 e. The number of imidazole rings is 1. The zero-order valence-electron chi connectivity index (χ0n) is 10.5. The summed E-state index contributed by atoms with van der Waals surface area (Å²) >= 11 is 0. The minimum absolute atomic E-state index is 0.00763. The maximum Gasteiger partial charge on any atom is 0.220 e. The van der Waals surface area contributed by atoms with Crippen molar-refractivity contribution in [2.45, 2.75) is 26.8 Å². The Balaban J connectivity index is 2.02. The highest BCUT2D eigenvalue weighted by atomic mass is 19.1. The number of hydrogen-bond acceptors (Lipinski definition) is 2. The third-order valence-electron chi connectivity index (χ3n) is 2.53. The van der Waals surface area contributed by atoms with Gasteiger partial charge in [0.25, 0.3) is 0 Å². The number of nitrogens with zero attached hydrogens (tertiary/aromatic N) is 2. The molecule has 0 saturated carbocycles. The number of carbonyl (C=O) groups is 1. The monoisotopic (exact) mass is 249 g/mol. The number of halogens is 1. The highest BCUT2D eigenvalue weighted by molar-refractivity contribution is 5.76. The van der Waals surface area contributed by atoms with Gasteiger partial charge in [0.15, 0.2) is 0 Å². The van der Waals surface area contributed by atoms with E-state index in [1.54, 1.807) is 16.7 Å². The number of pyridine rings is 1. The van der Waals surface area contributed by atoms with Crippen LogP contribution in [0.15, 0.2) is 24.5 Å². The number of rotatable bonds is 4. The molecule has 0 aliphatic rings. The zero-order valence-corrected chi connectivity index (χ0v) is 10.5. The molecule has 2 aromatic heterocycles. The Bertz CT molecular complexity index is 562. The van der Waals surface area contributed by atoms with Crippen LogP contribution in [-0.2, 0) is 11.3 Å². The summed E-state index contributed by atoms with van der Waals surface area (Å²) in [6.45, 7) is 4.36. The van der Waals surface area contributed by atoms with Gasteiger partial charge in [-0.15, -0.1) is 0 Å². The summed E-state index contributed by atoms with van der Waals surface area (Å²) in [7, 11) is 0. The Labute approximate surface area is 105 Å². The average molecular weight is 249 g/mol. The van der Waals surface area contributed by atoms with Crippen molar-refractivity contribution in [2.75, 3.05) is 0 Å². The second-order valence-electron chi connectivity index (χ2n) is 4.72. The second-order valence-corrected chi connectivity index (χ2v) is 4.72. The van der Waals surface area contributed by atoms with Gasteiger partial charge < -0.3 is 9.72 Å². The van der Waals surface area contributed by atoms with Crippen LogP contribution in [0.25, 0.3) is 5.65 Å². The number of amides is 1.